The molecule has 1 amide bonds. The molecule has 0 aromatic heterocycles. The molecule has 1 aromatic rings. The minimum Gasteiger partial charge on any atom is -0.375 e. The maximum atomic E-state index is 12.9. The molecule has 1 fully saturated rings. The first-order chi connectivity index (χ1) is 9.88. The monoisotopic (exact) mass is 309 g/mol. The van der Waals surface area contributed by atoms with E-state index >= 15 is 0 Å². The number of carbonyl (C=O) groups excluding carboxylic acids is 1. The zero-order valence-corrected chi connectivity index (χ0v) is 13.9. The van der Waals surface area contributed by atoms with Crippen LogP contribution in [0.3, 0.4) is 0 Å². The third-order valence-corrected chi connectivity index (χ3v) is 4.73. The Hall–Kier alpha value is -1.26. The highest BCUT2D eigenvalue weighted by atomic mass is 35.5. The summed E-state index contributed by atoms with van der Waals surface area (Å²) in [5.41, 5.74) is 1.27. The molecule has 4 nitrogen and oxygen atoms in total. The van der Waals surface area contributed by atoms with Crippen molar-refractivity contribution in [1.82, 2.24) is 5.32 Å². The molecule has 1 saturated heterocycles. The molecular formula is C16H24ClN3O. The molecule has 1 unspecified atom stereocenters. The summed E-state index contributed by atoms with van der Waals surface area (Å²) in [6.07, 6.45) is 0.869. The molecule has 5 heteroatoms. The van der Waals surface area contributed by atoms with Gasteiger partial charge in [0.25, 0.3) is 0 Å². The largest absolute Gasteiger partial charge is 0.375 e. The van der Waals surface area contributed by atoms with Crippen LogP contribution < -0.4 is 15.5 Å². The second-order valence-corrected chi connectivity index (χ2v) is 6.63. The summed E-state index contributed by atoms with van der Waals surface area (Å²) in [6, 6.07) is 5.59. The summed E-state index contributed by atoms with van der Waals surface area (Å²) < 4.78 is 0. The van der Waals surface area contributed by atoms with Crippen LogP contribution in [0.15, 0.2) is 18.2 Å². The van der Waals surface area contributed by atoms with E-state index < -0.39 is 0 Å². The number of hydrogen-bond acceptors (Lipinski definition) is 3. The predicted octanol–water partition coefficient (Wildman–Crippen LogP) is 2.98. The SMILES string of the molecule is CC(C)C1(C(=O)Nc2cccc(Cl)c2N(C)C)CCNC1. The second kappa shape index (κ2) is 6.24. The van der Waals surface area contributed by atoms with Crippen molar-refractivity contribution in [2.45, 2.75) is 20.3 Å². The number of hydrogen-bond donors (Lipinski definition) is 2. The molecule has 1 atom stereocenters. The van der Waals surface area contributed by atoms with Crippen LogP contribution >= 0.6 is 11.6 Å². The van der Waals surface area contributed by atoms with Crippen LogP contribution in [0.5, 0.6) is 0 Å². The number of anilines is 2. The Kier molecular flexibility index (Phi) is 4.79. The van der Waals surface area contributed by atoms with Gasteiger partial charge in [-0.3, -0.25) is 4.79 Å². The molecular weight excluding hydrogens is 286 g/mol. The number of nitrogens with one attached hydrogen (secondary N) is 2. The Balaban J connectivity index is 2.30. The quantitative estimate of drug-likeness (QED) is 0.898. The molecule has 21 heavy (non-hydrogen) atoms. The topological polar surface area (TPSA) is 44.4 Å². The molecule has 0 spiro atoms. The number of halogens is 1. The van der Waals surface area contributed by atoms with Gasteiger partial charge in [0.15, 0.2) is 0 Å². The highest BCUT2D eigenvalue weighted by molar-refractivity contribution is 6.34. The van der Waals surface area contributed by atoms with Gasteiger partial charge in [-0.2, -0.15) is 0 Å². The van der Waals surface area contributed by atoms with Gasteiger partial charge in [0.05, 0.1) is 21.8 Å². The third kappa shape index (κ3) is 3.01. The fraction of sp³-hybridized carbons (Fsp3) is 0.562. The highest BCUT2D eigenvalue weighted by Gasteiger charge is 2.44. The molecule has 1 aliphatic rings. The average Bonchev–Trinajstić information content (AvgIpc) is 2.88. The standard InChI is InChI=1S/C16H24ClN3O/c1-11(2)16(8-9-18-10-16)15(21)19-13-7-5-6-12(17)14(13)20(3)4/h5-7,11,18H,8-10H2,1-4H3,(H,19,21). The lowest BCUT2D eigenvalue weighted by molar-refractivity contribution is -0.126. The molecule has 0 bridgehead atoms. The molecule has 1 heterocycles. The fourth-order valence-corrected chi connectivity index (χ4v) is 3.32. The van der Waals surface area contributed by atoms with Gasteiger partial charge in [-0.05, 0) is 31.0 Å². The number of para-hydroxylation sites is 1. The van der Waals surface area contributed by atoms with E-state index in [0.29, 0.717) is 5.02 Å². The van der Waals surface area contributed by atoms with Crippen molar-refractivity contribution >= 4 is 28.9 Å². The maximum absolute atomic E-state index is 12.9. The Morgan fingerprint density at radius 1 is 1.43 bits per heavy atom. The van der Waals surface area contributed by atoms with Crippen LogP contribution in [-0.4, -0.2) is 33.1 Å². The summed E-state index contributed by atoms with van der Waals surface area (Å²) in [6.45, 7) is 5.84. The lowest BCUT2D eigenvalue weighted by Crippen LogP contribution is -2.42. The molecule has 1 aliphatic heterocycles. The fourth-order valence-electron chi connectivity index (χ4n) is 2.98. The van der Waals surface area contributed by atoms with Crippen molar-refractivity contribution in [2.75, 3.05) is 37.4 Å². The molecule has 2 rings (SSSR count). The van der Waals surface area contributed by atoms with E-state index in [0.717, 1.165) is 30.9 Å². The molecule has 2 N–H and O–H groups in total. The summed E-state index contributed by atoms with van der Waals surface area (Å²) in [4.78, 5) is 14.8. The van der Waals surface area contributed by atoms with Crippen molar-refractivity contribution < 1.29 is 4.79 Å². The van der Waals surface area contributed by atoms with E-state index in [1.54, 1.807) is 0 Å². The first-order valence-electron chi connectivity index (χ1n) is 7.36. The minimum absolute atomic E-state index is 0.0767. The number of carbonyl (C=O) groups is 1. The van der Waals surface area contributed by atoms with E-state index in [1.165, 1.54) is 0 Å². The maximum Gasteiger partial charge on any atom is 0.232 e. The van der Waals surface area contributed by atoms with Gasteiger partial charge in [0, 0.05) is 20.6 Å². The van der Waals surface area contributed by atoms with E-state index in [-0.39, 0.29) is 17.2 Å². The van der Waals surface area contributed by atoms with Crippen molar-refractivity contribution in [3.63, 3.8) is 0 Å². The first kappa shape index (κ1) is 16.1. The number of benzene rings is 1. The van der Waals surface area contributed by atoms with Crippen LogP contribution in [0.4, 0.5) is 11.4 Å². The summed E-state index contributed by atoms with van der Waals surface area (Å²) in [5, 5.41) is 7.04. The van der Waals surface area contributed by atoms with Gasteiger partial charge in [-0.25, -0.2) is 0 Å². The smallest absolute Gasteiger partial charge is 0.232 e. The van der Waals surface area contributed by atoms with E-state index in [1.807, 2.05) is 37.2 Å². The van der Waals surface area contributed by atoms with Crippen molar-refractivity contribution in [1.29, 1.82) is 0 Å². The third-order valence-electron chi connectivity index (χ3n) is 4.43. The van der Waals surface area contributed by atoms with Crippen LogP contribution in [-0.2, 0) is 4.79 Å². The lowest BCUT2D eigenvalue weighted by Gasteiger charge is -2.32. The van der Waals surface area contributed by atoms with Crippen LogP contribution in [0.25, 0.3) is 0 Å². The van der Waals surface area contributed by atoms with Crippen molar-refractivity contribution in [2.24, 2.45) is 11.3 Å². The molecule has 0 saturated carbocycles. The zero-order valence-electron chi connectivity index (χ0n) is 13.2. The Morgan fingerprint density at radius 3 is 2.67 bits per heavy atom. The molecule has 0 radical (unpaired) electrons. The molecule has 1 aromatic carbocycles. The second-order valence-electron chi connectivity index (χ2n) is 6.22. The van der Waals surface area contributed by atoms with Gasteiger partial charge in [-0.15, -0.1) is 0 Å². The minimum atomic E-state index is -0.341. The summed E-state index contributed by atoms with van der Waals surface area (Å²) in [5.74, 6) is 0.363. The van der Waals surface area contributed by atoms with Crippen molar-refractivity contribution in [3.05, 3.63) is 23.2 Å². The van der Waals surface area contributed by atoms with Crippen molar-refractivity contribution in [3.8, 4) is 0 Å². The normalized spacial score (nSPS) is 21.6. The number of amides is 1. The van der Waals surface area contributed by atoms with E-state index in [2.05, 4.69) is 24.5 Å². The Bertz CT molecular complexity index is 522. The summed E-state index contributed by atoms with van der Waals surface area (Å²) in [7, 11) is 3.85. The van der Waals surface area contributed by atoms with E-state index in [9.17, 15) is 4.79 Å². The zero-order chi connectivity index (χ0) is 15.6. The van der Waals surface area contributed by atoms with Gasteiger partial charge < -0.3 is 15.5 Å². The Morgan fingerprint density at radius 2 is 2.14 bits per heavy atom. The van der Waals surface area contributed by atoms with Gasteiger partial charge in [0.1, 0.15) is 0 Å². The summed E-state index contributed by atoms with van der Waals surface area (Å²) >= 11 is 6.26. The average molecular weight is 310 g/mol. The molecule has 0 aliphatic carbocycles. The van der Waals surface area contributed by atoms with E-state index in [4.69, 9.17) is 11.6 Å². The van der Waals surface area contributed by atoms with Gasteiger partial charge in [-0.1, -0.05) is 31.5 Å². The van der Waals surface area contributed by atoms with Gasteiger partial charge in [0.2, 0.25) is 5.91 Å². The first-order valence-corrected chi connectivity index (χ1v) is 7.74. The van der Waals surface area contributed by atoms with Gasteiger partial charge >= 0.3 is 0 Å². The Labute approximate surface area is 131 Å². The predicted molar refractivity (Wildman–Crippen MR) is 89.2 cm³/mol. The molecule has 116 valence electrons. The van der Waals surface area contributed by atoms with Crippen LogP contribution in [0.2, 0.25) is 5.02 Å². The number of rotatable bonds is 4. The van der Waals surface area contributed by atoms with Crippen LogP contribution in [0, 0.1) is 11.3 Å². The number of nitrogens with zero attached hydrogens (tertiary/aromatic N) is 1. The van der Waals surface area contributed by atoms with Crippen LogP contribution in [0.1, 0.15) is 20.3 Å². The lowest BCUT2D eigenvalue weighted by atomic mass is 9.75. The highest BCUT2D eigenvalue weighted by Crippen LogP contribution is 2.38.